The minimum absolute atomic E-state index is 0.157. The van der Waals surface area contributed by atoms with E-state index in [2.05, 4.69) is 10.2 Å². The second kappa shape index (κ2) is 1.86. The number of carbonyl (C=O) groups excluding carboxylic acids is 1. The van der Waals surface area contributed by atoms with E-state index >= 15 is 0 Å². The number of carbonyl (C=O) groups is 1. The van der Waals surface area contributed by atoms with Crippen molar-refractivity contribution in [1.29, 1.82) is 0 Å². The fourth-order valence-corrected chi connectivity index (χ4v) is 0.451. The van der Waals surface area contributed by atoms with Crippen molar-refractivity contribution in [3.8, 4) is 0 Å². The first kappa shape index (κ1) is 5.15. The highest BCUT2D eigenvalue weighted by Gasteiger charge is 2.00. The first-order chi connectivity index (χ1) is 3.79. The molecule has 0 aliphatic carbocycles. The number of hydrogen-bond donors (Lipinski definition) is 0. The molecule has 1 aliphatic heterocycles. The second-order valence-electron chi connectivity index (χ2n) is 1.64. The van der Waals surface area contributed by atoms with E-state index < -0.39 is 0 Å². The molecule has 0 spiro atoms. The Kier molecular flexibility index (Phi) is 1.20. The highest BCUT2D eigenvalue weighted by Crippen LogP contribution is 2.05. The standard InChI is InChI=1S/C5H6N2O/c1-4-2-3-5(8)7-6-4/h2H,3H2,1H3. The summed E-state index contributed by atoms with van der Waals surface area (Å²) < 4.78 is 0. The third-order valence-corrected chi connectivity index (χ3v) is 0.891. The van der Waals surface area contributed by atoms with Crippen LogP contribution in [0.5, 0.6) is 0 Å². The molecule has 0 atom stereocenters. The topological polar surface area (TPSA) is 41.8 Å². The highest BCUT2D eigenvalue weighted by atomic mass is 16.1. The van der Waals surface area contributed by atoms with E-state index in [1.807, 2.05) is 6.92 Å². The molecule has 0 aromatic heterocycles. The summed E-state index contributed by atoms with van der Waals surface area (Å²) in [7, 11) is 0. The summed E-state index contributed by atoms with van der Waals surface area (Å²) in [6.45, 7) is 1.82. The maximum Gasteiger partial charge on any atom is 0.268 e. The number of nitrogens with zero attached hydrogens (tertiary/aromatic N) is 2. The minimum atomic E-state index is -0.157. The molecule has 1 heterocycles. The van der Waals surface area contributed by atoms with Crippen LogP contribution in [0.15, 0.2) is 22.0 Å². The summed E-state index contributed by atoms with van der Waals surface area (Å²) in [6.07, 6.45) is 2.17. The molecule has 0 aromatic carbocycles. The molecule has 1 amide bonds. The van der Waals surface area contributed by atoms with Gasteiger partial charge >= 0.3 is 0 Å². The van der Waals surface area contributed by atoms with Crippen molar-refractivity contribution in [2.45, 2.75) is 13.3 Å². The SMILES string of the molecule is CC1=CCC(=O)N=N1. The van der Waals surface area contributed by atoms with Crippen molar-refractivity contribution < 1.29 is 4.79 Å². The predicted octanol–water partition coefficient (Wildman–Crippen LogP) is 1.27. The van der Waals surface area contributed by atoms with Gasteiger partial charge in [0.2, 0.25) is 0 Å². The third kappa shape index (κ3) is 0.992. The Morgan fingerprint density at radius 2 is 2.38 bits per heavy atom. The van der Waals surface area contributed by atoms with Gasteiger partial charge < -0.3 is 0 Å². The number of hydrogen-bond acceptors (Lipinski definition) is 2. The predicted molar refractivity (Wildman–Crippen MR) is 28.2 cm³/mol. The maximum atomic E-state index is 10.3. The Labute approximate surface area is 47.1 Å². The zero-order chi connectivity index (χ0) is 5.98. The van der Waals surface area contributed by atoms with Crippen LogP contribution in [-0.4, -0.2) is 5.91 Å². The molecule has 0 fully saturated rings. The van der Waals surface area contributed by atoms with Gasteiger partial charge in [-0.15, -0.1) is 5.11 Å². The van der Waals surface area contributed by atoms with Gasteiger partial charge in [-0.05, 0) is 6.92 Å². The smallest absolute Gasteiger partial charge is 0.268 e. The number of allylic oxidation sites excluding steroid dienone is 1. The molecule has 0 saturated carbocycles. The molecule has 42 valence electrons. The van der Waals surface area contributed by atoms with E-state index in [0.717, 1.165) is 5.70 Å². The van der Waals surface area contributed by atoms with Crippen LogP contribution in [-0.2, 0) is 4.79 Å². The second-order valence-corrected chi connectivity index (χ2v) is 1.64. The molecule has 0 aromatic rings. The van der Waals surface area contributed by atoms with Crippen molar-refractivity contribution in [2.75, 3.05) is 0 Å². The van der Waals surface area contributed by atoms with E-state index in [-0.39, 0.29) is 5.91 Å². The summed E-state index contributed by atoms with van der Waals surface area (Å²) in [4.78, 5) is 10.3. The van der Waals surface area contributed by atoms with Crippen LogP contribution < -0.4 is 0 Å². The lowest BCUT2D eigenvalue weighted by atomic mass is 10.3. The molecule has 1 aliphatic rings. The van der Waals surface area contributed by atoms with Gasteiger partial charge in [0.15, 0.2) is 0 Å². The van der Waals surface area contributed by atoms with Crippen LogP contribution in [0.3, 0.4) is 0 Å². The third-order valence-electron chi connectivity index (χ3n) is 0.891. The molecule has 0 saturated heterocycles. The van der Waals surface area contributed by atoms with Crippen LogP contribution >= 0.6 is 0 Å². The van der Waals surface area contributed by atoms with Crippen LogP contribution in [0.1, 0.15) is 13.3 Å². The maximum absolute atomic E-state index is 10.3. The van der Waals surface area contributed by atoms with Crippen LogP contribution in [0.4, 0.5) is 0 Å². The quantitative estimate of drug-likeness (QED) is 0.463. The molecule has 1 rings (SSSR count). The monoisotopic (exact) mass is 110 g/mol. The fourth-order valence-electron chi connectivity index (χ4n) is 0.451. The zero-order valence-electron chi connectivity index (χ0n) is 4.59. The van der Waals surface area contributed by atoms with Gasteiger partial charge in [0.1, 0.15) is 0 Å². The Morgan fingerprint density at radius 1 is 1.62 bits per heavy atom. The Bertz CT molecular complexity index is 167. The molecule has 0 unspecified atom stereocenters. The number of rotatable bonds is 0. The van der Waals surface area contributed by atoms with Crippen molar-refractivity contribution in [1.82, 2.24) is 0 Å². The largest absolute Gasteiger partial charge is 0.271 e. The average Bonchev–Trinajstić information content (AvgIpc) is 1.77. The lowest BCUT2D eigenvalue weighted by molar-refractivity contribution is -0.117. The van der Waals surface area contributed by atoms with Crippen molar-refractivity contribution in [3.05, 3.63) is 11.8 Å². The molecule has 3 heteroatoms. The number of amides is 1. The summed E-state index contributed by atoms with van der Waals surface area (Å²) in [5, 5.41) is 6.88. The van der Waals surface area contributed by atoms with E-state index in [1.165, 1.54) is 0 Å². The van der Waals surface area contributed by atoms with Gasteiger partial charge in [-0.1, -0.05) is 6.08 Å². The van der Waals surface area contributed by atoms with Crippen LogP contribution in [0.2, 0.25) is 0 Å². The molecule has 8 heavy (non-hydrogen) atoms. The van der Waals surface area contributed by atoms with Gasteiger partial charge in [0.05, 0.1) is 12.1 Å². The van der Waals surface area contributed by atoms with Crippen molar-refractivity contribution in [3.63, 3.8) is 0 Å². The summed E-state index contributed by atoms with van der Waals surface area (Å²) >= 11 is 0. The summed E-state index contributed by atoms with van der Waals surface area (Å²) in [6, 6.07) is 0. The van der Waals surface area contributed by atoms with Crippen molar-refractivity contribution >= 4 is 5.91 Å². The molecule has 0 radical (unpaired) electrons. The Balaban J connectivity index is 2.71. The first-order valence-electron chi connectivity index (χ1n) is 2.40. The Hall–Kier alpha value is -0.990. The molecule has 0 bridgehead atoms. The lowest BCUT2D eigenvalue weighted by Gasteiger charge is -1.94. The molecule has 3 nitrogen and oxygen atoms in total. The van der Waals surface area contributed by atoms with Gasteiger partial charge in [-0.2, -0.15) is 5.11 Å². The molecular formula is C5H6N2O. The van der Waals surface area contributed by atoms with Gasteiger partial charge in [-0.25, -0.2) is 0 Å². The van der Waals surface area contributed by atoms with Gasteiger partial charge in [-0.3, -0.25) is 4.79 Å². The van der Waals surface area contributed by atoms with E-state index in [0.29, 0.717) is 6.42 Å². The summed E-state index contributed by atoms with van der Waals surface area (Å²) in [5.74, 6) is -0.157. The first-order valence-corrected chi connectivity index (χ1v) is 2.40. The fraction of sp³-hybridized carbons (Fsp3) is 0.400. The van der Waals surface area contributed by atoms with Crippen LogP contribution in [0.25, 0.3) is 0 Å². The number of azo groups is 1. The minimum Gasteiger partial charge on any atom is -0.271 e. The summed E-state index contributed by atoms with van der Waals surface area (Å²) in [5.41, 5.74) is 0.824. The Morgan fingerprint density at radius 3 is 2.75 bits per heavy atom. The van der Waals surface area contributed by atoms with Gasteiger partial charge in [0, 0.05) is 0 Å². The van der Waals surface area contributed by atoms with E-state index in [9.17, 15) is 4.79 Å². The molecular weight excluding hydrogens is 104 g/mol. The normalized spacial score (nSPS) is 18.6. The van der Waals surface area contributed by atoms with E-state index in [4.69, 9.17) is 0 Å². The van der Waals surface area contributed by atoms with Crippen LogP contribution in [0, 0.1) is 0 Å². The van der Waals surface area contributed by atoms with Gasteiger partial charge in [0.25, 0.3) is 5.91 Å². The lowest BCUT2D eigenvalue weighted by Crippen LogP contribution is -1.93. The molecule has 0 N–H and O–H groups in total. The average molecular weight is 110 g/mol. The van der Waals surface area contributed by atoms with Crippen molar-refractivity contribution in [2.24, 2.45) is 10.2 Å². The highest BCUT2D eigenvalue weighted by molar-refractivity contribution is 5.78. The zero-order valence-corrected chi connectivity index (χ0v) is 4.59. The van der Waals surface area contributed by atoms with E-state index in [1.54, 1.807) is 6.08 Å².